The van der Waals surface area contributed by atoms with E-state index < -0.39 is 0 Å². The molecule has 1 aromatic heterocycles. The van der Waals surface area contributed by atoms with Gasteiger partial charge in [0.25, 0.3) is 0 Å². The molecule has 0 aliphatic rings. The fraction of sp³-hybridized carbons (Fsp3) is 0.389. The summed E-state index contributed by atoms with van der Waals surface area (Å²) >= 11 is 0. The van der Waals surface area contributed by atoms with Crippen molar-refractivity contribution in [1.82, 2.24) is 10.3 Å². The largest absolute Gasteiger partial charge is 0.310 e. The molecule has 0 radical (unpaired) electrons. The average Bonchev–Trinajstić information content (AvgIpc) is 2.43. The third-order valence-corrected chi connectivity index (χ3v) is 3.90. The lowest BCUT2D eigenvalue weighted by atomic mass is 9.95. The molecule has 0 spiro atoms. The van der Waals surface area contributed by atoms with Gasteiger partial charge in [-0.3, -0.25) is 4.98 Å². The number of nitrogens with one attached hydrogen (secondary N) is 1. The van der Waals surface area contributed by atoms with Crippen LogP contribution in [0.5, 0.6) is 0 Å². The van der Waals surface area contributed by atoms with E-state index in [9.17, 15) is 0 Å². The van der Waals surface area contributed by atoms with Gasteiger partial charge in [0.2, 0.25) is 0 Å². The van der Waals surface area contributed by atoms with Gasteiger partial charge < -0.3 is 5.32 Å². The number of hydrogen-bond donors (Lipinski definition) is 1. The summed E-state index contributed by atoms with van der Waals surface area (Å²) in [5.74, 6) is 0. The molecule has 0 saturated carbocycles. The fourth-order valence-corrected chi connectivity index (χ4v) is 2.58. The van der Waals surface area contributed by atoms with Crippen LogP contribution in [0.4, 0.5) is 0 Å². The second kappa shape index (κ2) is 6.67. The van der Waals surface area contributed by atoms with Crippen LogP contribution in [-0.4, -0.2) is 11.5 Å². The molecule has 0 fully saturated rings. The van der Waals surface area contributed by atoms with Crippen LogP contribution in [0, 0.1) is 20.8 Å². The van der Waals surface area contributed by atoms with Crippen molar-refractivity contribution in [1.29, 1.82) is 0 Å². The Morgan fingerprint density at radius 2 is 1.85 bits per heavy atom. The van der Waals surface area contributed by atoms with Crippen LogP contribution in [0.3, 0.4) is 0 Å². The van der Waals surface area contributed by atoms with Gasteiger partial charge in [0.1, 0.15) is 0 Å². The smallest absolute Gasteiger partial charge is 0.0364 e. The van der Waals surface area contributed by atoms with E-state index in [2.05, 4.69) is 62.3 Å². The lowest BCUT2D eigenvalue weighted by Gasteiger charge is -2.20. The van der Waals surface area contributed by atoms with Crippen LogP contribution < -0.4 is 5.32 Å². The fourth-order valence-electron chi connectivity index (χ4n) is 2.58. The van der Waals surface area contributed by atoms with Gasteiger partial charge in [0.15, 0.2) is 0 Å². The van der Waals surface area contributed by atoms with Crippen molar-refractivity contribution >= 4 is 0 Å². The van der Waals surface area contributed by atoms with E-state index in [-0.39, 0.29) is 0 Å². The topological polar surface area (TPSA) is 24.9 Å². The van der Waals surface area contributed by atoms with Crippen LogP contribution in [0.2, 0.25) is 0 Å². The monoisotopic (exact) mass is 268 g/mol. The van der Waals surface area contributed by atoms with E-state index in [1.807, 2.05) is 12.4 Å². The van der Waals surface area contributed by atoms with Crippen molar-refractivity contribution in [2.45, 2.75) is 40.2 Å². The standard InChI is InChI=1S/C18H24N2/c1-5-20-18(17-8-9-19-12-15(17)4)11-16-7-6-13(2)14(3)10-16/h6-10,12,18,20H,5,11H2,1-4H3. The van der Waals surface area contributed by atoms with Crippen LogP contribution in [0.25, 0.3) is 0 Å². The van der Waals surface area contributed by atoms with Gasteiger partial charge in [-0.05, 0) is 67.6 Å². The maximum Gasteiger partial charge on any atom is 0.0364 e. The zero-order chi connectivity index (χ0) is 14.5. The first-order valence-corrected chi connectivity index (χ1v) is 7.31. The minimum atomic E-state index is 0.352. The molecule has 2 nitrogen and oxygen atoms in total. The maximum atomic E-state index is 4.19. The zero-order valence-corrected chi connectivity index (χ0v) is 12.9. The highest BCUT2D eigenvalue weighted by Gasteiger charge is 2.13. The summed E-state index contributed by atoms with van der Waals surface area (Å²) < 4.78 is 0. The number of benzene rings is 1. The van der Waals surface area contributed by atoms with E-state index in [4.69, 9.17) is 0 Å². The van der Waals surface area contributed by atoms with E-state index in [1.165, 1.54) is 27.8 Å². The molecule has 0 aliphatic carbocycles. The molecule has 106 valence electrons. The third-order valence-electron chi connectivity index (χ3n) is 3.90. The maximum absolute atomic E-state index is 4.19. The Bertz CT molecular complexity index is 575. The second-order valence-corrected chi connectivity index (χ2v) is 5.47. The third kappa shape index (κ3) is 3.45. The average molecular weight is 268 g/mol. The Balaban J connectivity index is 2.25. The summed E-state index contributed by atoms with van der Waals surface area (Å²) in [6.07, 6.45) is 4.84. The minimum Gasteiger partial charge on any atom is -0.310 e. The predicted molar refractivity (Wildman–Crippen MR) is 85.0 cm³/mol. The molecule has 1 unspecified atom stereocenters. The van der Waals surface area contributed by atoms with Crippen LogP contribution in [-0.2, 0) is 6.42 Å². The number of aromatic nitrogens is 1. The van der Waals surface area contributed by atoms with Gasteiger partial charge in [0, 0.05) is 18.4 Å². The first-order chi connectivity index (χ1) is 9.61. The Morgan fingerprint density at radius 1 is 1.05 bits per heavy atom. The first-order valence-electron chi connectivity index (χ1n) is 7.31. The molecule has 0 saturated heterocycles. The molecule has 2 rings (SSSR count). The minimum absolute atomic E-state index is 0.352. The van der Waals surface area contributed by atoms with Gasteiger partial charge in [-0.25, -0.2) is 0 Å². The molecule has 1 aromatic carbocycles. The van der Waals surface area contributed by atoms with Crippen LogP contribution >= 0.6 is 0 Å². The Kier molecular flexibility index (Phi) is 4.91. The lowest BCUT2D eigenvalue weighted by Crippen LogP contribution is -2.23. The van der Waals surface area contributed by atoms with E-state index >= 15 is 0 Å². The van der Waals surface area contributed by atoms with Crippen molar-refractivity contribution < 1.29 is 0 Å². The molecule has 0 bridgehead atoms. The van der Waals surface area contributed by atoms with Crippen molar-refractivity contribution in [3.05, 3.63) is 64.5 Å². The summed E-state index contributed by atoms with van der Waals surface area (Å²) in [5.41, 5.74) is 6.70. The second-order valence-electron chi connectivity index (χ2n) is 5.47. The number of pyridine rings is 1. The number of likely N-dealkylation sites (N-methyl/N-ethyl adjacent to an activating group) is 1. The Hall–Kier alpha value is -1.67. The van der Waals surface area contributed by atoms with Gasteiger partial charge >= 0.3 is 0 Å². The van der Waals surface area contributed by atoms with E-state index in [0.29, 0.717) is 6.04 Å². The quantitative estimate of drug-likeness (QED) is 0.889. The van der Waals surface area contributed by atoms with Gasteiger partial charge in [-0.1, -0.05) is 25.1 Å². The van der Waals surface area contributed by atoms with Crippen molar-refractivity contribution in [3.8, 4) is 0 Å². The summed E-state index contributed by atoms with van der Waals surface area (Å²) in [7, 11) is 0. The molecule has 1 atom stereocenters. The molecule has 0 aliphatic heterocycles. The van der Waals surface area contributed by atoms with E-state index in [1.54, 1.807) is 0 Å². The summed E-state index contributed by atoms with van der Waals surface area (Å²) in [6.45, 7) is 9.60. The highest BCUT2D eigenvalue weighted by Crippen LogP contribution is 2.22. The predicted octanol–water partition coefficient (Wildman–Crippen LogP) is 3.90. The number of nitrogens with zero attached hydrogens (tertiary/aromatic N) is 1. The Morgan fingerprint density at radius 3 is 2.50 bits per heavy atom. The van der Waals surface area contributed by atoms with Gasteiger partial charge in [-0.2, -0.15) is 0 Å². The molecule has 2 heteroatoms. The molecule has 1 heterocycles. The molecule has 0 amide bonds. The first kappa shape index (κ1) is 14.7. The van der Waals surface area contributed by atoms with Gasteiger partial charge in [0.05, 0.1) is 0 Å². The molecular weight excluding hydrogens is 244 g/mol. The number of hydrogen-bond acceptors (Lipinski definition) is 2. The summed E-state index contributed by atoms with van der Waals surface area (Å²) in [4.78, 5) is 4.19. The summed E-state index contributed by atoms with van der Waals surface area (Å²) in [6, 6.07) is 9.24. The summed E-state index contributed by atoms with van der Waals surface area (Å²) in [5, 5.41) is 3.59. The highest BCUT2D eigenvalue weighted by atomic mass is 14.9. The molecular formula is C18H24N2. The van der Waals surface area contributed by atoms with Crippen molar-refractivity contribution in [2.24, 2.45) is 0 Å². The highest BCUT2D eigenvalue weighted by molar-refractivity contribution is 5.33. The van der Waals surface area contributed by atoms with E-state index in [0.717, 1.165) is 13.0 Å². The van der Waals surface area contributed by atoms with Crippen LogP contribution in [0.15, 0.2) is 36.7 Å². The van der Waals surface area contributed by atoms with Crippen LogP contribution in [0.1, 0.15) is 40.8 Å². The van der Waals surface area contributed by atoms with Crippen molar-refractivity contribution in [3.63, 3.8) is 0 Å². The zero-order valence-electron chi connectivity index (χ0n) is 12.9. The number of rotatable bonds is 5. The van der Waals surface area contributed by atoms with Crippen molar-refractivity contribution in [2.75, 3.05) is 6.54 Å². The Labute approximate surface area is 122 Å². The SMILES string of the molecule is CCNC(Cc1ccc(C)c(C)c1)c1ccncc1C. The molecule has 2 aromatic rings. The molecule has 20 heavy (non-hydrogen) atoms. The normalized spacial score (nSPS) is 12.4. The lowest BCUT2D eigenvalue weighted by molar-refractivity contribution is 0.546. The molecule has 1 N–H and O–H groups in total. The number of aryl methyl sites for hydroxylation is 3. The van der Waals surface area contributed by atoms with Gasteiger partial charge in [-0.15, -0.1) is 0 Å².